The molecule has 3 atom stereocenters. The number of aliphatic hydroxyl groups excluding tert-OH is 2. The van der Waals surface area contributed by atoms with Gasteiger partial charge in [0.25, 0.3) is 0 Å². The number of hydrogen-bond acceptors (Lipinski definition) is 6. The average Bonchev–Trinajstić information content (AvgIpc) is 2.63. The predicted octanol–water partition coefficient (Wildman–Crippen LogP) is -1.17. The summed E-state index contributed by atoms with van der Waals surface area (Å²) in [5.74, 6) is 1.32. The molecule has 0 radical (unpaired) electrons. The van der Waals surface area contributed by atoms with Crippen molar-refractivity contribution in [1.82, 2.24) is 4.31 Å². The predicted molar refractivity (Wildman–Crippen MR) is 101 cm³/mol. The van der Waals surface area contributed by atoms with Crippen molar-refractivity contribution in [1.29, 1.82) is 0 Å². The average molecular weight is 408 g/mol. The molecule has 9 nitrogen and oxygen atoms in total. The molecule has 0 aliphatic heterocycles. The van der Waals surface area contributed by atoms with E-state index in [9.17, 15) is 18.6 Å². The van der Waals surface area contributed by atoms with E-state index < -0.39 is 22.5 Å². The number of rotatable bonds is 13. The number of nitrogens with zero attached hydrogens (tertiary/aromatic N) is 1. The Kier molecular flexibility index (Phi) is 9.99. The van der Waals surface area contributed by atoms with Crippen molar-refractivity contribution in [2.75, 3.05) is 46.4 Å². The zero-order valence-corrected chi connectivity index (χ0v) is 16.9. The summed E-state index contributed by atoms with van der Waals surface area (Å²) in [6, 6.07) is 7.01. The Morgan fingerprint density at radius 1 is 1.07 bits per heavy atom. The lowest BCUT2D eigenvalue weighted by Gasteiger charge is -2.25. The lowest BCUT2D eigenvalue weighted by molar-refractivity contribution is -0.904. The topological polar surface area (TPSA) is 121 Å². The van der Waals surface area contributed by atoms with Crippen LogP contribution >= 0.6 is 0 Å². The molecule has 0 aliphatic carbocycles. The molecule has 1 unspecified atom stereocenters. The van der Waals surface area contributed by atoms with E-state index in [1.807, 2.05) is 6.92 Å². The number of likely N-dealkylation sites (N-methyl/N-ethyl adjacent to an activating group) is 2. The Balaban J connectivity index is 2.46. The Morgan fingerprint density at radius 2 is 1.63 bits per heavy atom. The van der Waals surface area contributed by atoms with Crippen LogP contribution in [0.3, 0.4) is 0 Å². The van der Waals surface area contributed by atoms with Crippen molar-refractivity contribution < 1.29 is 37.6 Å². The second-order valence-corrected chi connectivity index (χ2v) is 7.65. The van der Waals surface area contributed by atoms with Crippen LogP contribution in [0.15, 0.2) is 24.3 Å². The first kappa shape index (κ1) is 23.6. The highest BCUT2D eigenvalue weighted by Gasteiger charge is 2.24. The van der Waals surface area contributed by atoms with Crippen molar-refractivity contribution in [2.45, 2.75) is 26.1 Å². The van der Waals surface area contributed by atoms with Crippen molar-refractivity contribution in [2.24, 2.45) is 0 Å². The number of aliphatic hydroxyl groups is 2. The zero-order chi connectivity index (χ0) is 20.4. The standard InChI is InChI=1S/C17H30N2O7S/c1-4-18(10-14(20)12-19(5-2)27(22,23)24)11-15(21)13-26-17-8-6-16(25-3)7-9-17/h6-9,14-15,20-21H,4-5,10-13H2,1-3H3,(H,22,23,24)/p+1/t14-,15+/m1/s1. The summed E-state index contributed by atoms with van der Waals surface area (Å²) in [4.78, 5) is 0.889. The van der Waals surface area contributed by atoms with Gasteiger partial charge in [0.1, 0.15) is 43.4 Å². The van der Waals surface area contributed by atoms with E-state index >= 15 is 0 Å². The first-order valence-electron chi connectivity index (χ1n) is 8.88. The number of benzene rings is 1. The molecule has 0 spiro atoms. The van der Waals surface area contributed by atoms with E-state index in [-0.39, 0.29) is 26.2 Å². The smallest absolute Gasteiger partial charge is 0.335 e. The third kappa shape index (κ3) is 8.87. The second-order valence-electron chi connectivity index (χ2n) is 6.23. The zero-order valence-electron chi connectivity index (χ0n) is 16.0. The van der Waals surface area contributed by atoms with Crippen LogP contribution in [-0.2, 0) is 10.3 Å². The summed E-state index contributed by atoms with van der Waals surface area (Å²) >= 11 is 0. The molecule has 0 bridgehead atoms. The van der Waals surface area contributed by atoms with Crippen LogP contribution in [0, 0.1) is 0 Å². The summed E-state index contributed by atoms with van der Waals surface area (Å²) in [5.41, 5.74) is 0. The monoisotopic (exact) mass is 407 g/mol. The van der Waals surface area contributed by atoms with Crippen molar-refractivity contribution in [3.8, 4) is 11.5 Å². The fraction of sp³-hybridized carbons (Fsp3) is 0.647. The van der Waals surface area contributed by atoms with Gasteiger partial charge in [-0.15, -0.1) is 0 Å². The molecule has 0 saturated heterocycles. The summed E-state index contributed by atoms with van der Waals surface area (Å²) in [5, 5.41) is 20.3. The largest absolute Gasteiger partial charge is 0.497 e. The van der Waals surface area contributed by atoms with Gasteiger partial charge in [-0.05, 0) is 31.2 Å². The van der Waals surface area contributed by atoms with Crippen molar-refractivity contribution in [3.05, 3.63) is 24.3 Å². The van der Waals surface area contributed by atoms with Crippen LogP contribution in [0.5, 0.6) is 11.5 Å². The van der Waals surface area contributed by atoms with Gasteiger partial charge in [0.2, 0.25) is 0 Å². The minimum Gasteiger partial charge on any atom is -0.497 e. The third-order valence-corrected chi connectivity index (χ3v) is 5.20. The number of hydrogen-bond donors (Lipinski definition) is 4. The quantitative estimate of drug-likeness (QED) is 0.304. The number of quaternary nitrogens is 1. The molecule has 156 valence electrons. The van der Waals surface area contributed by atoms with Crippen molar-refractivity contribution in [3.63, 3.8) is 0 Å². The van der Waals surface area contributed by atoms with Crippen LogP contribution < -0.4 is 14.4 Å². The van der Waals surface area contributed by atoms with E-state index in [0.29, 0.717) is 24.6 Å². The summed E-state index contributed by atoms with van der Waals surface area (Å²) in [7, 11) is -2.76. The van der Waals surface area contributed by atoms with Crippen LogP contribution in [0.4, 0.5) is 0 Å². The van der Waals surface area contributed by atoms with E-state index in [1.54, 1.807) is 38.3 Å². The molecule has 1 rings (SSSR count). The van der Waals surface area contributed by atoms with Gasteiger partial charge in [0, 0.05) is 13.1 Å². The minimum absolute atomic E-state index is 0.0652. The maximum Gasteiger partial charge on any atom is 0.335 e. The van der Waals surface area contributed by atoms with Crippen LogP contribution in [0.25, 0.3) is 0 Å². The Labute approximate surface area is 161 Å². The molecule has 1 aromatic rings. The Bertz CT molecular complexity index is 639. The maximum absolute atomic E-state index is 11.2. The second kappa shape index (κ2) is 11.4. The van der Waals surface area contributed by atoms with E-state index in [4.69, 9.17) is 14.0 Å². The van der Waals surface area contributed by atoms with Gasteiger partial charge >= 0.3 is 10.3 Å². The van der Waals surface area contributed by atoms with E-state index in [1.165, 1.54) is 0 Å². The highest BCUT2D eigenvalue weighted by molar-refractivity contribution is 7.83. The SMILES string of the molecule is CCN(C[C@H](O)C[NH+](CC)C[C@H](O)COc1ccc(OC)cc1)S(=O)(=O)O. The minimum atomic E-state index is -4.33. The van der Waals surface area contributed by atoms with Gasteiger partial charge < -0.3 is 24.6 Å². The van der Waals surface area contributed by atoms with Gasteiger partial charge in [-0.1, -0.05) is 6.92 Å². The summed E-state index contributed by atoms with van der Waals surface area (Å²) in [6.07, 6.45) is -1.71. The molecule has 10 heteroatoms. The van der Waals surface area contributed by atoms with Crippen LogP contribution in [0.1, 0.15) is 13.8 Å². The first-order chi connectivity index (χ1) is 12.7. The first-order valence-corrected chi connectivity index (χ1v) is 10.3. The maximum atomic E-state index is 11.2. The van der Waals surface area contributed by atoms with Crippen LogP contribution in [0.2, 0.25) is 0 Å². The molecular formula is C17H31N2O7S+. The van der Waals surface area contributed by atoms with Gasteiger partial charge in [-0.25, -0.2) is 0 Å². The van der Waals surface area contributed by atoms with Gasteiger partial charge in [-0.3, -0.25) is 4.55 Å². The number of methoxy groups -OCH3 is 1. The Hall–Kier alpha value is -1.43. The molecule has 0 saturated carbocycles. The molecule has 1 aromatic carbocycles. The van der Waals surface area contributed by atoms with Gasteiger partial charge in [0.05, 0.1) is 13.7 Å². The lowest BCUT2D eigenvalue weighted by Crippen LogP contribution is -3.14. The number of ether oxygens (including phenoxy) is 2. The van der Waals surface area contributed by atoms with Gasteiger partial charge in [0.15, 0.2) is 0 Å². The summed E-state index contributed by atoms with van der Waals surface area (Å²) < 4.78 is 42.9. The molecule has 0 heterocycles. The fourth-order valence-corrected chi connectivity index (χ4v) is 3.33. The fourth-order valence-electron chi connectivity index (χ4n) is 2.65. The number of nitrogens with one attached hydrogen (secondary N) is 1. The molecule has 0 aromatic heterocycles. The highest BCUT2D eigenvalue weighted by atomic mass is 32.2. The highest BCUT2D eigenvalue weighted by Crippen LogP contribution is 2.16. The van der Waals surface area contributed by atoms with E-state index in [0.717, 1.165) is 9.21 Å². The van der Waals surface area contributed by atoms with Gasteiger partial charge in [-0.2, -0.15) is 12.7 Å². The molecule has 0 aliphatic rings. The third-order valence-electron chi connectivity index (χ3n) is 4.14. The summed E-state index contributed by atoms with van der Waals surface area (Å²) in [6.45, 7) is 4.65. The molecule has 27 heavy (non-hydrogen) atoms. The molecule has 0 fully saturated rings. The molecule has 0 amide bonds. The Morgan fingerprint density at radius 3 is 2.11 bits per heavy atom. The molecule has 4 N–H and O–H groups in total. The lowest BCUT2D eigenvalue weighted by atomic mass is 10.2. The molecular weight excluding hydrogens is 376 g/mol. The van der Waals surface area contributed by atoms with Crippen LogP contribution in [-0.4, -0.2) is 86.1 Å². The van der Waals surface area contributed by atoms with E-state index in [2.05, 4.69) is 0 Å². The van der Waals surface area contributed by atoms with Crippen molar-refractivity contribution >= 4 is 10.3 Å². The normalized spacial score (nSPS) is 15.4.